The predicted octanol–water partition coefficient (Wildman–Crippen LogP) is 1.61. The number of hydrogen-bond donors (Lipinski definition) is 1. The average Bonchev–Trinajstić information content (AvgIpc) is 2.45. The van der Waals surface area contributed by atoms with Crippen molar-refractivity contribution in [1.29, 1.82) is 0 Å². The monoisotopic (exact) mass is 278 g/mol. The van der Waals surface area contributed by atoms with Gasteiger partial charge in [0.05, 0.1) is 11.9 Å². The van der Waals surface area contributed by atoms with E-state index in [0.29, 0.717) is 12.2 Å². The van der Waals surface area contributed by atoms with Crippen LogP contribution in [-0.4, -0.2) is 56.1 Å². The molecule has 0 aromatic carbocycles. The van der Waals surface area contributed by atoms with Crippen molar-refractivity contribution >= 4 is 11.6 Å². The first-order valence-electron chi connectivity index (χ1n) is 7.22. The van der Waals surface area contributed by atoms with Crippen LogP contribution in [-0.2, 0) is 0 Å². The van der Waals surface area contributed by atoms with Crippen LogP contribution in [0.4, 0.5) is 5.69 Å². The van der Waals surface area contributed by atoms with Gasteiger partial charge >= 0.3 is 0 Å². The molecule has 1 aromatic heterocycles. The lowest BCUT2D eigenvalue weighted by Gasteiger charge is -2.20. The molecule has 5 nitrogen and oxygen atoms in total. The van der Waals surface area contributed by atoms with Crippen LogP contribution in [0.15, 0.2) is 18.3 Å². The Labute approximate surface area is 122 Å². The summed E-state index contributed by atoms with van der Waals surface area (Å²) in [5.74, 6) is -0.102. The quantitative estimate of drug-likeness (QED) is 0.734. The van der Waals surface area contributed by atoms with Gasteiger partial charge in [0.2, 0.25) is 0 Å². The van der Waals surface area contributed by atoms with E-state index in [9.17, 15) is 4.79 Å². The number of rotatable bonds is 8. The van der Waals surface area contributed by atoms with E-state index in [-0.39, 0.29) is 5.91 Å². The van der Waals surface area contributed by atoms with E-state index in [1.54, 1.807) is 12.3 Å². The second kappa shape index (κ2) is 8.53. The lowest BCUT2D eigenvalue weighted by atomic mass is 10.3. The Kier molecular flexibility index (Phi) is 7.01. The molecule has 0 bridgehead atoms. The van der Waals surface area contributed by atoms with Crippen LogP contribution in [0.3, 0.4) is 0 Å². The smallest absolute Gasteiger partial charge is 0.269 e. The van der Waals surface area contributed by atoms with Gasteiger partial charge < -0.3 is 15.1 Å². The lowest BCUT2D eigenvalue weighted by Crippen LogP contribution is -2.28. The topological polar surface area (TPSA) is 48.5 Å². The van der Waals surface area contributed by atoms with Crippen molar-refractivity contribution in [3.63, 3.8) is 0 Å². The molecule has 1 N–H and O–H groups in total. The van der Waals surface area contributed by atoms with Gasteiger partial charge in [0.25, 0.3) is 5.91 Å². The van der Waals surface area contributed by atoms with E-state index in [4.69, 9.17) is 0 Å². The van der Waals surface area contributed by atoms with Crippen LogP contribution < -0.4 is 10.2 Å². The molecule has 112 valence electrons. The predicted molar refractivity (Wildman–Crippen MR) is 83.3 cm³/mol. The maximum Gasteiger partial charge on any atom is 0.269 e. The van der Waals surface area contributed by atoms with Crippen LogP contribution in [0, 0.1) is 0 Å². The molecule has 1 amide bonds. The van der Waals surface area contributed by atoms with Gasteiger partial charge in [0.1, 0.15) is 5.69 Å². The number of nitrogens with one attached hydrogen (secondary N) is 1. The van der Waals surface area contributed by atoms with Crippen molar-refractivity contribution < 1.29 is 4.79 Å². The van der Waals surface area contributed by atoms with E-state index < -0.39 is 0 Å². The molecule has 0 radical (unpaired) electrons. The van der Waals surface area contributed by atoms with Gasteiger partial charge in [-0.05, 0) is 53.0 Å². The summed E-state index contributed by atoms with van der Waals surface area (Å²) in [6.07, 6.45) is 2.71. The molecule has 0 aliphatic carbocycles. The second-order valence-corrected chi connectivity index (χ2v) is 4.99. The summed E-state index contributed by atoms with van der Waals surface area (Å²) in [5.41, 5.74) is 1.53. The number of amides is 1. The summed E-state index contributed by atoms with van der Waals surface area (Å²) >= 11 is 0. The number of hydrogen-bond acceptors (Lipinski definition) is 4. The van der Waals surface area contributed by atoms with Crippen LogP contribution >= 0.6 is 0 Å². The maximum atomic E-state index is 11.9. The Morgan fingerprint density at radius 1 is 1.25 bits per heavy atom. The first-order valence-corrected chi connectivity index (χ1v) is 7.22. The lowest BCUT2D eigenvalue weighted by molar-refractivity contribution is 0.0947. The first kappa shape index (κ1) is 16.4. The molecule has 0 aliphatic heterocycles. The molecule has 20 heavy (non-hydrogen) atoms. The fourth-order valence-electron chi connectivity index (χ4n) is 1.98. The molecular formula is C15H26N4O. The van der Waals surface area contributed by atoms with E-state index in [1.807, 2.05) is 20.2 Å². The molecule has 0 saturated carbocycles. The van der Waals surface area contributed by atoms with E-state index in [0.717, 1.165) is 31.7 Å². The zero-order valence-electron chi connectivity index (χ0n) is 13.0. The highest BCUT2D eigenvalue weighted by atomic mass is 16.1. The Morgan fingerprint density at radius 2 is 1.95 bits per heavy atom. The Balaban J connectivity index is 2.49. The highest BCUT2D eigenvalue weighted by Gasteiger charge is 2.08. The molecule has 5 heteroatoms. The molecule has 0 atom stereocenters. The van der Waals surface area contributed by atoms with Crippen molar-refractivity contribution in [2.45, 2.75) is 20.3 Å². The number of aromatic nitrogens is 1. The summed E-state index contributed by atoms with van der Waals surface area (Å²) in [7, 11) is 4.05. The standard InChI is InChI=1S/C15H26N4O/c1-5-19(6-2)13-8-9-14(17-12-13)15(20)16-10-7-11-18(3)4/h8-9,12H,5-7,10-11H2,1-4H3,(H,16,20). The van der Waals surface area contributed by atoms with Crippen LogP contribution in [0.2, 0.25) is 0 Å². The van der Waals surface area contributed by atoms with Crippen LogP contribution in [0.1, 0.15) is 30.8 Å². The summed E-state index contributed by atoms with van der Waals surface area (Å²) in [6, 6.07) is 3.74. The first-order chi connectivity index (χ1) is 9.58. The van der Waals surface area contributed by atoms with Gasteiger partial charge in [0, 0.05) is 19.6 Å². The third kappa shape index (κ3) is 5.17. The maximum absolute atomic E-state index is 11.9. The number of carbonyl (C=O) groups excluding carboxylic acids is 1. The molecule has 0 spiro atoms. The number of anilines is 1. The van der Waals surface area contributed by atoms with Crippen LogP contribution in [0.25, 0.3) is 0 Å². The molecule has 1 heterocycles. The molecule has 0 saturated heterocycles. The Hall–Kier alpha value is -1.62. The third-order valence-electron chi connectivity index (χ3n) is 3.18. The summed E-state index contributed by atoms with van der Waals surface area (Å²) in [6.45, 7) is 7.73. The molecule has 1 rings (SSSR count). The molecule has 0 fully saturated rings. The average molecular weight is 278 g/mol. The second-order valence-electron chi connectivity index (χ2n) is 4.99. The highest BCUT2D eigenvalue weighted by Crippen LogP contribution is 2.12. The van der Waals surface area contributed by atoms with Gasteiger partial charge in [-0.1, -0.05) is 0 Å². The third-order valence-corrected chi connectivity index (χ3v) is 3.18. The van der Waals surface area contributed by atoms with E-state index in [2.05, 4.69) is 33.9 Å². The fourth-order valence-corrected chi connectivity index (χ4v) is 1.98. The van der Waals surface area contributed by atoms with Crippen molar-refractivity contribution in [3.05, 3.63) is 24.0 Å². The minimum absolute atomic E-state index is 0.102. The zero-order chi connectivity index (χ0) is 15.0. The van der Waals surface area contributed by atoms with Crippen LogP contribution in [0.5, 0.6) is 0 Å². The number of nitrogens with zero attached hydrogens (tertiary/aromatic N) is 3. The van der Waals surface area contributed by atoms with Gasteiger partial charge in [-0.25, -0.2) is 4.98 Å². The zero-order valence-corrected chi connectivity index (χ0v) is 13.0. The SMILES string of the molecule is CCN(CC)c1ccc(C(=O)NCCCN(C)C)nc1. The number of carbonyl (C=O) groups is 1. The molecule has 0 unspecified atom stereocenters. The summed E-state index contributed by atoms with van der Waals surface area (Å²) in [4.78, 5) is 20.5. The minimum atomic E-state index is -0.102. The number of pyridine rings is 1. The summed E-state index contributed by atoms with van der Waals surface area (Å²) in [5, 5.41) is 2.89. The Morgan fingerprint density at radius 3 is 2.45 bits per heavy atom. The Bertz CT molecular complexity index is 399. The van der Waals surface area contributed by atoms with Gasteiger partial charge in [-0.3, -0.25) is 4.79 Å². The van der Waals surface area contributed by atoms with Crippen molar-refractivity contribution in [1.82, 2.24) is 15.2 Å². The summed E-state index contributed by atoms with van der Waals surface area (Å²) < 4.78 is 0. The van der Waals surface area contributed by atoms with E-state index in [1.165, 1.54) is 0 Å². The largest absolute Gasteiger partial charge is 0.371 e. The minimum Gasteiger partial charge on any atom is -0.371 e. The molecule has 1 aromatic rings. The van der Waals surface area contributed by atoms with Gasteiger partial charge in [0.15, 0.2) is 0 Å². The van der Waals surface area contributed by atoms with Crippen molar-refractivity contribution in [2.75, 3.05) is 45.2 Å². The fraction of sp³-hybridized carbons (Fsp3) is 0.600. The molecular weight excluding hydrogens is 252 g/mol. The van der Waals surface area contributed by atoms with E-state index >= 15 is 0 Å². The normalized spacial score (nSPS) is 10.7. The highest BCUT2D eigenvalue weighted by molar-refractivity contribution is 5.92. The van der Waals surface area contributed by atoms with Crippen molar-refractivity contribution in [2.24, 2.45) is 0 Å². The van der Waals surface area contributed by atoms with Gasteiger partial charge in [-0.2, -0.15) is 0 Å². The van der Waals surface area contributed by atoms with Crippen molar-refractivity contribution in [3.8, 4) is 0 Å². The molecule has 0 aliphatic rings. The van der Waals surface area contributed by atoms with Gasteiger partial charge in [-0.15, -0.1) is 0 Å².